The summed E-state index contributed by atoms with van der Waals surface area (Å²) in [5.41, 5.74) is 1.40. The van der Waals surface area contributed by atoms with Gasteiger partial charge in [-0.1, -0.05) is 36.1 Å². The fourth-order valence-electron chi connectivity index (χ4n) is 2.38. The van der Waals surface area contributed by atoms with Crippen LogP contribution in [0.1, 0.15) is 5.56 Å². The number of hydrogen-bond donors (Lipinski definition) is 1. The molecule has 1 aliphatic rings. The van der Waals surface area contributed by atoms with Gasteiger partial charge < -0.3 is 14.6 Å². The summed E-state index contributed by atoms with van der Waals surface area (Å²) < 4.78 is 10.8. The lowest BCUT2D eigenvalue weighted by Gasteiger charge is -2.15. The highest BCUT2D eigenvalue weighted by atomic mass is 32.2. The van der Waals surface area contributed by atoms with Crippen LogP contribution >= 0.6 is 24.0 Å². The molecule has 0 radical (unpaired) electrons. The largest absolute Gasteiger partial charge is 0.504 e. The normalized spacial score (nSPS) is 15.8. The van der Waals surface area contributed by atoms with Crippen LogP contribution in [0.3, 0.4) is 0 Å². The number of carbonyl (C=O) groups excluding carboxylic acids is 1. The van der Waals surface area contributed by atoms with Crippen molar-refractivity contribution in [2.24, 2.45) is 0 Å². The SMILES string of the molecule is COc1cccc(N2C(=O)/C(=C/c3ccc(O)c(OC)c3)SC2=S)c1. The topological polar surface area (TPSA) is 59.0 Å². The van der Waals surface area contributed by atoms with Crippen LogP contribution in [0.4, 0.5) is 5.69 Å². The van der Waals surface area contributed by atoms with E-state index in [1.54, 1.807) is 49.6 Å². The second-order valence-corrected chi connectivity index (χ2v) is 6.83. The monoisotopic (exact) mass is 373 g/mol. The second kappa shape index (κ2) is 7.16. The van der Waals surface area contributed by atoms with E-state index in [1.165, 1.54) is 29.8 Å². The van der Waals surface area contributed by atoms with Crippen molar-refractivity contribution in [1.29, 1.82) is 0 Å². The third-order valence-corrected chi connectivity index (χ3v) is 4.91. The van der Waals surface area contributed by atoms with Gasteiger partial charge in [0.15, 0.2) is 15.8 Å². The Morgan fingerprint density at radius 3 is 2.68 bits per heavy atom. The van der Waals surface area contributed by atoms with Crippen LogP contribution in [0.2, 0.25) is 0 Å². The molecule has 0 aliphatic carbocycles. The maximum Gasteiger partial charge on any atom is 0.270 e. The first kappa shape index (κ1) is 17.3. The van der Waals surface area contributed by atoms with E-state index in [2.05, 4.69) is 0 Å². The summed E-state index contributed by atoms with van der Waals surface area (Å²) in [4.78, 5) is 14.7. The van der Waals surface area contributed by atoms with Crippen molar-refractivity contribution in [3.8, 4) is 17.2 Å². The Morgan fingerprint density at radius 1 is 1.16 bits per heavy atom. The maximum absolute atomic E-state index is 12.8. The second-order valence-electron chi connectivity index (χ2n) is 5.15. The molecule has 3 rings (SSSR count). The Morgan fingerprint density at radius 2 is 1.96 bits per heavy atom. The van der Waals surface area contributed by atoms with E-state index in [-0.39, 0.29) is 11.7 Å². The number of thioether (sulfide) groups is 1. The molecule has 1 saturated heterocycles. The van der Waals surface area contributed by atoms with E-state index in [0.29, 0.717) is 26.4 Å². The van der Waals surface area contributed by atoms with Crippen molar-refractivity contribution in [3.63, 3.8) is 0 Å². The van der Waals surface area contributed by atoms with Crippen LogP contribution in [0, 0.1) is 0 Å². The van der Waals surface area contributed by atoms with Crippen molar-refractivity contribution in [2.75, 3.05) is 19.1 Å². The third kappa shape index (κ3) is 3.47. The summed E-state index contributed by atoms with van der Waals surface area (Å²) in [7, 11) is 3.04. The minimum absolute atomic E-state index is 0.0450. The molecule has 1 heterocycles. The van der Waals surface area contributed by atoms with Crippen LogP contribution < -0.4 is 14.4 Å². The van der Waals surface area contributed by atoms with Gasteiger partial charge in [0.25, 0.3) is 5.91 Å². The number of rotatable bonds is 4. The highest BCUT2D eigenvalue weighted by Gasteiger charge is 2.33. The number of nitrogens with zero attached hydrogens (tertiary/aromatic N) is 1. The number of carbonyl (C=O) groups is 1. The van der Waals surface area contributed by atoms with Crippen molar-refractivity contribution in [2.45, 2.75) is 0 Å². The molecule has 25 heavy (non-hydrogen) atoms. The zero-order chi connectivity index (χ0) is 18.0. The summed E-state index contributed by atoms with van der Waals surface area (Å²) in [6.07, 6.45) is 1.72. The molecule has 1 N–H and O–H groups in total. The Balaban J connectivity index is 1.93. The molecule has 7 heteroatoms. The summed E-state index contributed by atoms with van der Waals surface area (Å²) in [5.74, 6) is 0.842. The van der Waals surface area contributed by atoms with Gasteiger partial charge >= 0.3 is 0 Å². The van der Waals surface area contributed by atoms with Crippen LogP contribution in [-0.4, -0.2) is 29.6 Å². The molecule has 0 atom stereocenters. The van der Waals surface area contributed by atoms with Crippen LogP contribution in [0.25, 0.3) is 6.08 Å². The molecule has 1 amide bonds. The summed E-state index contributed by atoms with van der Waals surface area (Å²) in [6, 6.07) is 12.1. The number of phenols is 1. The Bertz CT molecular complexity index is 879. The quantitative estimate of drug-likeness (QED) is 0.650. The summed E-state index contributed by atoms with van der Waals surface area (Å²) >= 11 is 6.59. The smallest absolute Gasteiger partial charge is 0.270 e. The molecule has 2 aromatic rings. The molecule has 0 bridgehead atoms. The Hall–Kier alpha value is -2.51. The average molecular weight is 373 g/mol. The van der Waals surface area contributed by atoms with Crippen molar-refractivity contribution < 1.29 is 19.4 Å². The van der Waals surface area contributed by atoms with Gasteiger partial charge in [-0.2, -0.15) is 0 Å². The van der Waals surface area contributed by atoms with E-state index in [0.717, 1.165) is 5.56 Å². The van der Waals surface area contributed by atoms with Gasteiger partial charge in [0.2, 0.25) is 0 Å². The van der Waals surface area contributed by atoms with Crippen molar-refractivity contribution in [1.82, 2.24) is 0 Å². The predicted molar refractivity (Wildman–Crippen MR) is 103 cm³/mol. The van der Waals surface area contributed by atoms with Gasteiger partial charge in [-0.05, 0) is 35.9 Å². The highest BCUT2D eigenvalue weighted by molar-refractivity contribution is 8.27. The van der Waals surface area contributed by atoms with Crippen LogP contribution in [0.5, 0.6) is 17.2 Å². The van der Waals surface area contributed by atoms with E-state index >= 15 is 0 Å². The first-order chi connectivity index (χ1) is 12.0. The molecule has 2 aromatic carbocycles. The number of amides is 1. The third-order valence-electron chi connectivity index (χ3n) is 3.61. The van der Waals surface area contributed by atoms with Gasteiger partial charge in [0.1, 0.15) is 5.75 Å². The Kier molecular flexibility index (Phi) is 4.96. The number of aromatic hydroxyl groups is 1. The van der Waals surface area contributed by atoms with E-state index in [9.17, 15) is 9.90 Å². The molecule has 0 aromatic heterocycles. The van der Waals surface area contributed by atoms with Crippen LogP contribution in [0.15, 0.2) is 47.4 Å². The van der Waals surface area contributed by atoms with E-state index < -0.39 is 0 Å². The average Bonchev–Trinajstić information content (AvgIpc) is 2.90. The lowest BCUT2D eigenvalue weighted by Crippen LogP contribution is -2.27. The fraction of sp³-hybridized carbons (Fsp3) is 0.111. The Labute approximate surface area is 154 Å². The number of methoxy groups -OCH3 is 2. The zero-order valence-electron chi connectivity index (χ0n) is 13.6. The molecule has 0 saturated carbocycles. The number of anilines is 1. The van der Waals surface area contributed by atoms with Gasteiger partial charge in [-0.3, -0.25) is 9.69 Å². The van der Waals surface area contributed by atoms with Gasteiger partial charge in [-0.25, -0.2) is 0 Å². The predicted octanol–water partition coefficient (Wildman–Crippen LogP) is 3.82. The lowest BCUT2D eigenvalue weighted by atomic mass is 10.2. The van der Waals surface area contributed by atoms with Gasteiger partial charge in [0, 0.05) is 6.07 Å². The summed E-state index contributed by atoms with van der Waals surface area (Å²) in [5, 5.41) is 9.67. The summed E-state index contributed by atoms with van der Waals surface area (Å²) in [6.45, 7) is 0. The first-order valence-electron chi connectivity index (χ1n) is 7.32. The molecular formula is C18H15NO4S2. The standard InChI is InChI=1S/C18H15NO4S2/c1-22-13-5-3-4-12(10-13)19-17(21)16(25-18(19)24)9-11-6-7-14(20)15(8-11)23-2/h3-10,20H,1-2H3/b16-9-. The van der Waals surface area contributed by atoms with E-state index in [4.69, 9.17) is 21.7 Å². The number of phenolic OH excluding ortho intramolecular Hbond substituents is 1. The molecule has 0 unspecified atom stereocenters. The minimum Gasteiger partial charge on any atom is -0.504 e. The van der Waals surface area contributed by atoms with Gasteiger partial charge in [0.05, 0.1) is 24.8 Å². The lowest BCUT2D eigenvalue weighted by molar-refractivity contribution is -0.113. The molecule has 5 nitrogen and oxygen atoms in total. The molecule has 128 valence electrons. The number of thiocarbonyl (C=S) groups is 1. The number of benzene rings is 2. The van der Waals surface area contributed by atoms with Crippen molar-refractivity contribution in [3.05, 3.63) is 52.9 Å². The molecule has 1 aliphatic heterocycles. The van der Waals surface area contributed by atoms with E-state index in [1.807, 2.05) is 0 Å². The molecular weight excluding hydrogens is 358 g/mol. The number of ether oxygens (including phenoxy) is 2. The fourth-order valence-corrected chi connectivity index (χ4v) is 3.67. The zero-order valence-corrected chi connectivity index (χ0v) is 15.2. The highest BCUT2D eigenvalue weighted by Crippen LogP contribution is 2.37. The van der Waals surface area contributed by atoms with Crippen LogP contribution in [-0.2, 0) is 4.79 Å². The minimum atomic E-state index is -0.199. The van der Waals surface area contributed by atoms with Gasteiger partial charge in [-0.15, -0.1) is 0 Å². The van der Waals surface area contributed by atoms with Crippen molar-refractivity contribution >= 4 is 46.0 Å². The first-order valence-corrected chi connectivity index (χ1v) is 8.55. The number of hydrogen-bond acceptors (Lipinski definition) is 6. The molecule has 0 spiro atoms. The maximum atomic E-state index is 12.8. The molecule has 1 fully saturated rings.